The molecule has 0 aliphatic heterocycles. The maximum atomic E-state index is 8.82. The van der Waals surface area contributed by atoms with Gasteiger partial charge in [0.05, 0.1) is 35.2 Å². The predicted octanol–water partition coefficient (Wildman–Crippen LogP) is 14.0. The Labute approximate surface area is 312 Å². The fraction of sp³-hybridized carbons (Fsp3) is 0. The van der Waals surface area contributed by atoms with E-state index >= 15 is 0 Å². The van der Waals surface area contributed by atoms with E-state index in [1.54, 1.807) is 0 Å². The molecule has 0 aliphatic rings. The van der Waals surface area contributed by atoms with Crippen molar-refractivity contribution in [1.29, 1.82) is 0 Å². The van der Waals surface area contributed by atoms with Crippen LogP contribution in [0.25, 0.3) is 98.1 Å². The van der Waals surface area contributed by atoms with E-state index in [4.69, 9.17) is 13.1 Å². The first kappa shape index (κ1) is 31.1. The van der Waals surface area contributed by atoms with E-state index in [2.05, 4.69) is 134 Å². The van der Waals surface area contributed by atoms with Crippen molar-refractivity contribution in [3.63, 3.8) is 0 Å². The molecule has 2 heterocycles. The van der Waals surface area contributed by atoms with Crippen LogP contribution in [0.5, 0.6) is 0 Å². The molecule has 54 heavy (non-hydrogen) atoms. The Morgan fingerprint density at radius 2 is 0.833 bits per heavy atom. The predicted molar refractivity (Wildman–Crippen MR) is 224 cm³/mol. The van der Waals surface area contributed by atoms with E-state index in [-0.39, 0.29) is 0 Å². The summed E-state index contributed by atoms with van der Waals surface area (Å²) < 4.78 is 4.74. The molecule has 0 bridgehead atoms. The van der Waals surface area contributed by atoms with E-state index in [0.717, 1.165) is 82.8 Å². The van der Waals surface area contributed by atoms with Gasteiger partial charge >= 0.3 is 0 Å². The van der Waals surface area contributed by atoms with Crippen LogP contribution in [0.15, 0.2) is 182 Å². The van der Waals surface area contributed by atoms with Gasteiger partial charge in [-0.15, -0.1) is 0 Å². The van der Waals surface area contributed by atoms with Crippen molar-refractivity contribution in [3.8, 4) is 44.8 Å². The molecule has 0 amide bonds. The van der Waals surface area contributed by atoms with Crippen LogP contribution in [0.2, 0.25) is 0 Å². The number of rotatable bonds is 5. The van der Waals surface area contributed by atoms with Gasteiger partial charge in [-0.2, -0.15) is 0 Å². The topological polar surface area (TPSA) is 18.6 Å². The molecule has 0 saturated carbocycles. The summed E-state index contributed by atoms with van der Waals surface area (Å²) in [4.78, 5) is 8.47. The zero-order valence-electron chi connectivity index (χ0n) is 29.1. The van der Waals surface area contributed by atoms with Gasteiger partial charge in [0.15, 0.2) is 11.4 Å². The minimum Gasteiger partial charge on any atom is -0.309 e. The van der Waals surface area contributed by atoms with Crippen LogP contribution >= 0.6 is 0 Å². The number of para-hydroxylation sites is 4. The monoisotopic (exact) mass is 686 g/mol. The van der Waals surface area contributed by atoms with Crippen LogP contribution in [0, 0.1) is 13.1 Å². The normalized spacial score (nSPS) is 11.3. The molecular weight excluding hydrogens is 657 g/mol. The largest absolute Gasteiger partial charge is 0.309 e. The van der Waals surface area contributed by atoms with Gasteiger partial charge in [0.1, 0.15) is 0 Å². The Hall–Kier alpha value is -7.66. The summed E-state index contributed by atoms with van der Waals surface area (Å²) in [7, 11) is 0. The van der Waals surface area contributed by atoms with Crippen LogP contribution in [0.3, 0.4) is 0 Å². The zero-order chi connectivity index (χ0) is 36.2. The average Bonchev–Trinajstić information content (AvgIpc) is 3.77. The van der Waals surface area contributed by atoms with Crippen molar-refractivity contribution in [1.82, 2.24) is 9.13 Å². The Morgan fingerprint density at radius 1 is 0.370 bits per heavy atom. The summed E-state index contributed by atoms with van der Waals surface area (Å²) in [5, 5.41) is 4.45. The Morgan fingerprint density at radius 3 is 1.43 bits per heavy atom. The fourth-order valence-corrected chi connectivity index (χ4v) is 8.33. The molecular formula is C50H30N4. The Balaban J connectivity index is 1.49. The molecule has 10 aromatic rings. The second-order valence-corrected chi connectivity index (χ2v) is 13.4. The number of fused-ring (bicyclic) bond motifs is 7. The average molecular weight is 687 g/mol. The van der Waals surface area contributed by atoms with Gasteiger partial charge in [0.25, 0.3) is 0 Å². The lowest BCUT2D eigenvalue weighted by Crippen LogP contribution is -1.96. The minimum atomic E-state index is 0.464. The van der Waals surface area contributed by atoms with Gasteiger partial charge in [-0.05, 0) is 75.8 Å². The van der Waals surface area contributed by atoms with Crippen LogP contribution in [-0.2, 0) is 0 Å². The number of benzene rings is 8. The Bertz CT molecular complexity index is 3140. The summed E-state index contributed by atoms with van der Waals surface area (Å²) in [6.07, 6.45) is 0. The van der Waals surface area contributed by atoms with Gasteiger partial charge in [-0.3, -0.25) is 0 Å². The van der Waals surface area contributed by atoms with Crippen molar-refractivity contribution in [2.24, 2.45) is 0 Å². The molecule has 0 N–H and O–H groups in total. The van der Waals surface area contributed by atoms with Crippen molar-refractivity contribution >= 4 is 55.0 Å². The molecule has 0 atom stereocenters. The van der Waals surface area contributed by atoms with E-state index in [9.17, 15) is 0 Å². The van der Waals surface area contributed by atoms with E-state index in [1.165, 1.54) is 0 Å². The molecule has 0 fully saturated rings. The van der Waals surface area contributed by atoms with Crippen LogP contribution < -0.4 is 0 Å². The highest BCUT2D eigenvalue weighted by atomic mass is 15.0. The second-order valence-electron chi connectivity index (χ2n) is 13.4. The molecule has 250 valence electrons. The third-order valence-electron chi connectivity index (χ3n) is 10.5. The smallest absolute Gasteiger partial charge is 0.192 e. The highest BCUT2D eigenvalue weighted by molar-refractivity contribution is 6.30. The minimum absolute atomic E-state index is 0.464. The number of hydrogen-bond donors (Lipinski definition) is 0. The van der Waals surface area contributed by atoms with Crippen molar-refractivity contribution in [3.05, 3.63) is 205 Å². The highest BCUT2D eigenvalue weighted by Gasteiger charge is 2.28. The lowest BCUT2D eigenvalue weighted by atomic mass is 9.87. The van der Waals surface area contributed by atoms with Gasteiger partial charge < -0.3 is 9.13 Å². The summed E-state index contributed by atoms with van der Waals surface area (Å²) in [6, 6.07) is 62.7. The molecule has 0 aliphatic carbocycles. The molecule has 8 aromatic carbocycles. The SMILES string of the molecule is [C-]#[N+]c1c(-c2ccccc2)cc(-c2cc3c(c4ccccc4n3-c3ccccc3)c3c2c2ccccc2n3-c2ccccc2)c([N+]#[C-])c1-c1ccccc1. The Kier molecular flexibility index (Phi) is 7.22. The first-order valence-electron chi connectivity index (χ1n) is 17.9. The van der Waals surface area contributed by atoms with E-state index in [1.807, 2.05) is 66.7 Å². The fourth-order valence-electron chi connectivity index (χ4n) is 8.33. The second kappa shape index (κ2) is 12.5. The molecule has 0 radical (unpaired) electrons. The zero-order valence-corrected chi connectivity index (χ0v) is 29.1. The number of hydrogen-bond acceptors (Lipinski definition) is 0. The van der Waals surface area contributed by atoms with Gasteiger partial charge in [-0.25, -0.2) is 9.69 Å². The quantitative estimate of drug-likeness (QED) is 0.161. The molecule has 0 saturated heterocycles. The standard InChI is InChI=1S/C50H30N4/c1-51-48-39(33-19-7-3-8-20-33)31-41(49(52-2)45(48)34-21-9-4-10-22-34)40-32-44-47(38-28-16-17-29-42(38)53(44)35-23-11-5-12-24-35)50-46(40)37-27-15-18-30-43(37)54(50)36-25-13-6-14-26-36/h3-32H. The van der Waals surface area contributed by atoms with Gasteiger partial charge in [0, 0.05) is 32.9 Å². The number of aromatic nitrogens is 2. The van der Waals surface area contributed by atoms with E-state index in [0.29, 0.717) is 16.9 Å². The van der Waals surface area contributed by atoms with E-state index < -0.39 is 0 Å². The van der Waals surface area contributed by atoms with Gasteiger partial charge in [0.2, 0.25) is 0 Å². The third kappa shape index (κ3) is 4.61. The summed E-state index contributed by atoms with van der Waals surface area (Å²) >= 11 is 0. The summed E-state index contributed by atoms with van der Waals surface area (Å²) in [6.45, 7) is 17.3. The molecule has 2 aromatic heterocycles. The highest BCUT2D eigenvalue weighted by Crippen LogP contribution is 2.54. The van der Waals surface area contributed by atoms with Crippen molar-refractivity contribution < 1.29 is 0 Å². The van der Waals surface area contributed by atoms with Crippen LogP contribution in [-0.4, -0.2) is 9.13 Å². The molecule has 0 spiro atoms. The molecule has 10 rings (SSSR count). The summed E-state index contributed by atoms with van der Waals surface area (Å²) in [5.41, 5.74) is 12.3. The number of nitrogens with zero attached hydrogens (tertiary/aromatic N) is 4. The lowest BCUT2D eigenvalue weighted by molar-refractivity contribution is 1.17. The van der Waals surface area contributed by atoms with Crippen molar-refractivity contribution in [2.45, 2.75) is 0 Å². The maximum absolute atomic E-state index is 8.82. The molecule has 4 nitrogen and oxygen atoms in total. The first-order chi connectivity index (χ1) is 26.8. The van der Waals surface area contributed by atoms with Crippen LogP contribution in [0.1, 0.15) is 0 Å². The maximum Gasteiger partial charge on any atom is 0.192 e. The molecule has 0 unspecified atom stereocenters. The third-order valence-corrected chi connectivity index (χ3v) is 10.5. The van der Waals surface area contributed by atoms with Crippen LogP contribution in [0.4, 0.5) is 11.4 Å². The van der Waals surface area contributed by atoms with Gasteiger partial charge in [-0.1, -0.05) is 140 Å². The van der Waals surface area contributed by atoms with Crippen molar-refractivity contribution in [2.75, 3.05) is 0 Å². The summed E-state index contributed by atoms with van der Waals surface area (Å²) in [5.74, 6) is 0. The first-order valence-corrected chi connectivity index (χ1v) is 17.9. The molecule has 4 heteroatoms. The lowest BCUT2D eigenvalue weighted by Gasteiger charge is -2.19.